The van der Waals surface area contributed by atoms with E-state index in [9.17, 15) is 19.5 Å². The molecule has 0 spiro atoms. The molecular formula is C21H20N8O5S2. The number of aryl methyl sites for hydroxylation is 1. The fourth-order valence-corrected chi connectivity index (χ4v) is 5.99. The number of fused-ring (bicyclic) bond motifs is 2. The molecule has 1 saturated heterocycles. The van der Waals surface area contributed by atoms with Gasteiger partial charge in [-0.2, -0.15) is 0 Å². The SMILES string of the molecule is CO/N=C(\C(=O)N[C@@H]1C(=O)N2C(C(=O)[O-])=C(C[n+]3cnn4cc(C)ccc43)CS[C@H]12)c1csc(N)n1. The average molecular weight is 529 g/mol. The Hall–Kier alpha value is -3.98. The smallest absolute Gasteiger partial charge is 0.276 e. The third kappa shape index (κ3) is 4.05. The van der Waals surface area contributed by atoms with E-state index in [-0.39, 0.29) is 28.8 Å². The number of β-lactam (4-membered cyclic amide) rings is 1. The number of hydrogen-bond donors (Lipinski definition) is 2. The summed E-state index contributed by atoms with van der Waals surface area (Å²) in [6.07, 6.45) is 3.47. The van der Waals surface area contributed by atoms with Crippen molar-refractivity contribution in [2.24, 2.45) is 5.16 Å². The molecule has 0 radical (unpaired) electrons. The summed E-state index contributed by atoms with van der Waals surface area (Å²) >= 11 is 2.47. The number of thioether (sulfide) groups is 1. The first-order valence-electron chi connectivity index (χ1n) is 10.6. The molecule has 3 N–H and O–H groups in total. The van der Waals surface area contributed by atoms with Crippen LogP contribution in [-0.4, -0.2) is 67.3 Å². The minimum atomic E-state index is -1.46. The molecule has 0 aliphatic carbocycles. The summed E-state index contributed by atoms with van der Waals surface area (Å²) in [5.41, 5.74) is 7.82. The minimum Gasteiger partial charge on any atom is -0.543 e. The number of pyridine rings is 1. The van der Waals surface area contributed by atoms with Crippen molar-refractivity contribution < 1.29 is 28.9 Å². The number of aliphatic carboxylic acids is 1. The summed E-state index contributed by atoms with van der Waals surface area (Å²) in [4.78, 5) is 47.9. The Bertz CT molecular complexity index is 1460. The maximum Gasteiger partial charge on any atom is 0.276 e. The molecule has 5 rings (SSSR count). The Kier molecular flexibility index (Phi) is 6.09. The van der Waals surface area contributed by atoms with E-state index in [1.54, 1.807) is 20.8 Å². The van der Waals surface area contributed by atoms with Crippen molar-refractivity contribution >= 4 is 57.4 Å². The number of nitrogens with one attached hydrogen (secondary N) is 1. The number of nitrogens with two attached hydrogens (primary N) is 1. The summed E-state index contributed by atoms with van der Waals surface area (Å²) < 4.78 is 3.50. The van der Waals surface area contributed by atoms with Crippen LogP contribution in [0.25, 0.3) is 5.65 Å². The molecule has 36 heavy (non-hydrogen) atoms. The number of carbonyl (C=O) groups is 3. The summed E-state index contributed by atoms with van der Waals surface area (Å²) in [5.74, 6) is -2.39. The van der Waals surface area contributed by atoms with Gasteiger partial charge in [-0.3, -0.25) is 14.5 Å². The quantitative estimate of drug-likeness (QED) is 0.159. The number of carboxylic acids is 1. The van der Waals surface area contributed by atoms with Crippen LogP contribution in [0.4, 0.5) is 5.13 Å². The van der Waals surface area contributed by atoms with Gasteiger partial charge < -0.3 is 25.8 Å². The first-order chi connectivity index (χ1) is 17.3. The number of hydrogen-bond acceptors (Lipinski definition) is 11. The van der Waals surface area contributed by atoms with E-state index in [4.69, 9.17) is 10.6 Å². The average Bonchev–Trinajstić information content (AvgIpc) is 3.45. The zero-order valence-corrected chi connectivity index (χ0v) is 20.7. The lowest BCUT2D eigenvalue weighted by Crippen LogP contribution is -2.71. The first-order valence-corrected chi connectivity index (χ1v) is 12.6. The lowest BCUT2D eigenvalue weighted by Gasteiger charge is -2.50. The van der Waals surface area contributed by atoms with Crippen LogP contribution >= 0.6 is 23.1 Å². The van der Waals surface area contributed by atoms with Gasteiger partial charge in [-0.1, -0.05) is 9.67 Å². The van der Waals surface area contributed by atoms with Gasteiger partial charge in [0.05, 0.1) is 18.2 Å². The summed E-state index contributed by atoms with van der Waals surface area (Å²) in [7, 11) is 1.28. The van der Waals surface area contributed by atoms with Crippen molar-refractivity contribution in [2.45, 2.75) is 24.9 Å². The molecule has 15 heteroatoms. The Labute approximate surface area is 212 Å². The zero-order chi connectivity index (χ0) is 25.6. The number of oxime groups is 1. The van der Waals surface area contributed by atoms with Gasteiger partial charge in [0.25, 0.3) is 23.8 Å². The van der Waals surface area contributed by atoms with Crippen LogP contribution in [0, 0.1) is 6.92 Å². The molecule has 186 valence electrons. The van der Waals surface area contributed by atoms with E-state index < -0.39 is 29.2 Å². The van der Waals surface area contributed by atoms with E-state index in [0.29, 0.717) is 11.3 Å². The van der Waals surface area contributed by atoms with E-state index in [1.807, 2.05) is 25.3 Å². The second-order valence-electron chi connectivity index (χ2n) is 8.06. The molecular weight excluding hydrogens is 508 g/mol. The lowest BCUT2D eigenvalue weighted by molar-refractivity contribution is -0.664. The molecule has 13 nitrogen and oxygen atoms in total. The highest BCUT2D eigenvalue weighted by Gasteiger charge is 2.53. The number of nitrogen functional groups attached to an aromatic ring is 1. The van der Waals surface area contributed by atoms with Crippen LogP contribution in [0.5, 0.6) is 0 Å². The molecule has 0 aromatic carbocycles. The number of carboxylic acid groups (broad SMARTS) is 1. The second kappa shape index (κ2) is 9.23. The molecule has 1 fully saturated rings. The topological polar surface area (TPSA) is 171 Å². The van der Waals surface area contributed by atoms with Gasteiger partial charge in [-0.25, -0.2) is 9.55 Å². The fraction of sp³-hybridized carbons (Fsp3) is 0.286. The third-order valence-corrected chi connectivity index (χ3v) is 7.73. The van der Waals surface area contributed by atoms with Gasteiger partial charge in [0, 0.05) is 22.3 Å². The van der Waals surface area contributed by atoms with Crippen LogP contribution < -0.4 is 20.7 Å². The van der Waals surface area contributed by atoms with Gasteiger partial charge in [-0.15, -0.1) is 23.1 Å². The van der Waals surface area contributed by atoms with Crippen LogP contribution in [-0.2, 0) is 25.8 Å². The number of thiazole rings is 1. The van der Waals surface area contributed by atoms with Crippen LogP contribution in [0.1, 0.15) is 11.3 Å². The van der Waals surface area contributed by atoms with E-state index in [2.05, 4.69) is 20.6 Å². The monoisotopic (exact) mass is 528 g/mol. The molecule has 0 bridgehead atoms. The lowest BCUT2D eigenvalue weighted by atomic mass is 10.0. The first kappa shape index (κ1) is 23.7. The number of anilines is 1. The molecule has 0 saturated carbocycles. The number of rotatable bonds is 7. The third-order valence-electron chi connectivity index (χ3n) is 5.72. The minimum absolute atomic E-state index is 0.145. The molecule has 3 aromatic heterocycles. The van der Waals surface area contributed by atoms with Gasteiger partial charge in [0.15, 0.2) is 10.8 Å². The summed E-state index contributed by atoms with van der Waals surface area (Å²) in [5, 5.41) is 23.9. The Morgan fingerprint density at radius 1 is 1.42 bits per heavy atom. The molecule has 2 atom stereocenters. The molecule has 2 amide bonds. The van der Waals surface area contributed by atoms with E-state index >= 15 is 0 Å². The van der Waals surface area contributed by atoms with Crippen molar-refractivity contribution in [1.29, 1.82) is 0 Å². The predicted molar refractivity (Wildman–Crippen MR) is 127 cm³/mol. The highest BCUT2D eigenvalue weighted by molar-refractivity contribution is 8.00. The highest BCUT2D eigenvalue weighted by Crippen LogP contribution is 2.40. The van der Waals surface area contributed by atoms with Crippen LogP contribution in [0.3, 0.4) is 0 Å². The number of carbonyl (C=O) groups excluding carboxylic acids is 3. The van der Waals surface area contributed by atoms with E-state index in [1.165, 1.54) is 18.9 Å². The van der Waals surface area contributed by atoms with Gasteiger partial charge in [-0.05, 0) is 24.1 Å². The normalized spacial score (nSPS) is 19.8. The van der Waals surface area contributed by atoms with Crippen molar-refractivity contribution in [3.05, 3.63) is 52.6 Å². The van der Waals surface area contributed by atoms with Gasteiger partial charge >= 0.3 is 0 Å². The number of amides is 2. The van der Waals surface area contributed by atoms with Gasteiger partial charge in [0.1, 0.15) is 30.4 Å². The maximum absolute atomic E-state index is 13.0. The molecule has 2 aliphatic heterocycles. The Morgan fingerprint density at radius 2 is 2.22 bits per heavy atom. The summed E-state index contributed by atoms with van der Waals surface area (Å²) in [6, 6.07) is 2.86. The molecule has 3 aromatic rings. The molecule has 5 heterocycles. The maximum atomic E-state index is 13.0. The highest BCUT2D eigenvalue weighted by atomic mass is 32.2. The van der Waals surface area contributed by atoms with Crippen molar-refractivity contribution in [3.8, 4) is 0 Å². The predicted octanol–water partition coefficient (Wildman–Crippen LogP) is -1.58. The standard InChI is InChI=1S/C21H20N8O5S2/c1-10-3-4-13-27(9-23-28(13)5-10)6-11-7-35-19-15(18(31)29(19)16(11)20(32)33)25-17(30)14(26-34-2)12-8-36-21(22)24-12/h3-5,8-9,15,19H,6-7H2,1-2H3,(H3-,22,24,25,30,32,33)/b26-14-/t15-,19-/m1/s1. The Morgan fingerprint density at radius 3 is 2.92 bits per heavy atom. The van der Waals surface area contributed by atoms with Gasteiger partial charge in [0.2, 0.25) is 0 Å². The van der Waals surface area contributed by atoms with Crippen molar-refractivity contribution in [1.82, 2.24) is 24.8 Å². The fourth-order valence-electron chi connectivity index (χ4n) is 4.10. The molecule has 2 aliphatic rings. The second-order valence-corrected chi connectivity index (χ2v) is 10.1. The van der Waals surface area contributed by atoms with Crippen molar-refractivity contribution in [2.75, 3.05) is 18.6 Å². The van der Waals surface area contributed by atoms with Crippen LogP contribution in [0.2, 0.25) is 0 Å². The zero-order valence-electron chi connectivity index (χ0n) is 19.1. The number of aromatic nitrogens is 4. The van der Waals surface area contributed by atoms with Crippen molar-refractivity contribution in [3.63, 3.8) is 0 Å². The Balaban J connectivity index is 1.37. The molecule has 0 unspecified atom stereocenters. The summed E-state index contributed by atoms with van der Waals surface area (Å²) in [6.45, 7) is 2.16. The van der Waals surface area contributed by atoms with E-state index in [0.717, 1.165) is 27.4 Å². The number of nitrogens with zero attached hydrogens (tertiary/aromatic N) is 6. The van der Waals surface area contributed by atoms with Crippen LogP contribution in [0.15, 0.2) is 46.5 Å². The largest absolute Gasteiger partial charge is 0.543 e.